The van der Waals surface area contributed by atoms with Crippen LogP contribution in [0.15, 0.2) is 30.3 Å². The number of carbonyl (C=O) groups is 4. The molecule has 0 bridgehead atoms. The largest absolute Gasteiger partial charge is 0.500 e. The molecule has 0 aromatic heterocycles. The van der Waals surface area contributed by atoms with Crippen LogP contribution in [0.3, 0.4) is 0 Å². The quantitative estimate of drug-likeness (QED) is 0.0190. The highest BCUT2D eigenvalue weighted by Crippen LogP contribution is 2.49. The van der Waals surface area contributed by atoms with Gasteiger partial charge in [0.05, 0.1) is 16.7 Å². The van der Waals surface area contributed by atoms with Gasteiger partial charge in [-0.3, -0.25) is 0 Å². The molecule has 426 valence electrons. The van der Waals surface area contributed by atoms with Crippen molar-refractivity contribution in [3.8, 4) is 11.5 Å². The normalized spacial score (nSPS) is 15.3. The molecule has 0 saturated carbocycles. The number of anilines is 1. The van der Waals surface area contributed by atoms with Crippen LogP contribution in [0, 0.1) is 0 Å². The van der Waals surface area contributed by atoms with E-state index >= 15 is 0 Å². The van der Waals surface area contributed by atoms with Crippen molar-refractivity contribution < 1.29 is 69.4 Å². The zero-order chi connectivity index (χ0) is 55.1. The van der Waals surface area contributed by atoms with E-state index < -0.39 is 41.7 Å². The number of fused-ring (bicyclic) bond motifs is 4. The average molecular weight is 1120 g/mol. The Morgan fingerprint density at radius 2 is 1.10 bits per heavy atom. The average Bonchev–Trinajstić information content (AvgIpc) is 3.15. The van der Waals surface area contributed by atoms with Gasteiger partial charge in [0, 0.05) is 124 Å². The van der Waals surface area contributed by atoms with E-state index in [-0.39, 0.29) is 37.6 Å². The van der Waals surface area contributed by atoms with E-state index in [1.807, 2.05) is 41.5 Å². The summed E-state index contributed by atoms with van der Waals surface area (Å²) in [6.07, 6.45) is 7.42. The number of ether oxygens (including phenoxy) is 5. The topological polar surface area (TPSA) is 200 Å². The van der Waals surface area contributed by atoms with E-state index in [4.69, 9.17) is 50.2 Å². The zero-order valence-corrected chi connectivity index (χ0v) is 48.7. The molecule has 0 saturated heterocycles. The lowest BCUT2D eigenvalue weighted by Crippen LogP contribution is -2.46. The Balaban J connectivity index is 1.03. The van der Waals surface area contributed by atoms with Crippen molar-refractivity contribution in [2.75, 3.05) is 110 Å². The van der Waals surface area contributed by atoms with Gasteiger partial charge in [0.2, 0.25) is 5.36 Å². The van der Waals surface area contributed by atoms with Crippen LogP contribution in [0.1, 0.15) is 134 Å². The van der Waals surface area contributed by atoms with Crippen molar-refractivity contribution in [2.24, 2.45) is 0 Å². The Morgan fingerprint density at radius 1 is 0.577 bits per heavy atom. The SMILES string of the molecule is CCO[Si](CCCNC(=O)OCCOC(=O)c1ccc(C2=c3cc4c5c(c3Oc3c2cc2c6c3CCCN6CCC2)CCC[N+]=5CCC4)c(C(=O)OCCOC(=O)NCCC[Si](OCC)(OCC)OCC)c1)(OCC)OCC. The van der Waals surface area contributed by atoms with Crippen molar-refractivity contribution in [3.63, 3.8) is 0 Å². The maximum atomic E-state index is 14.7. The second kappa shape index (κ2) is 28.2. The van der Waals surface area contributed by atoms with Crippen molar-refractivity contribution >= 4 is 53.0 Å². The maximum Gasteiger partial charge on any atom is 0.500 e. The first kappa shape index (κ1) is 58.7. The number of hydrogen-bond acceptors (Lipinski definition) is 16. The maximum absolute atomic E-state index is 14.7. The number of alkyl carbamates (subject to hydrolysis) is 2. The Labute approximate surface area is 460 Å². The lowest BCUT2D eigenvalue weighted by molar-refractivity contribution is 0.0395. The van der Waals surface area contributed by atoms with Gasteiger partial charge >= 0.3 is 41.7 Å². The molecule has 78 heavy (non-hydrogen) atoms. The van der Waals surface area contributed by atoms with Crippen molar-refractivity contribution in [3.05, 3.63) is 85.4 Å². The summed E-state index contributed by atoms with van der Waals surface area (Å²) in [4.78, 5) is 56.6. The third kappa shape index (κ3) is 13.8. The van der Waals surface area contributed by atoms with Crippen LogP contribution in [0.25, 0.3) is 5.57 Å². The molecular formula is C57H81N4O15Si2+. The van der Waals surface area contributed by atoms with Crippen molar-refractivity contribution in [1.29, 1.82) is 0 Å². The number of hydrogen-bond donors (Lipinski definition) is 2. The summed E-state index contributed by atoms with van der Waals surface area (Å²) in [7, 11) is -5.75. The minimum atomic E-state index is -2.88. The molecule has 0 radical (unpaired) electrons. The van der Waals surface area contributed by atoms with Gasteiger partial charge in [-0.25, -0.2) is 23.8 Å². The fourth-order valence-electron chi connectivity index (χ4n) is 11.7. The highest BCUT2D eigenvalue weighted by molar-refractivity contribution is 6.61. The van der Waals surface area contributed by atoms with Crippen LogP contribution in [0.2, 0.25) is 12.1 Å². The predicted octanol–water partition coefficient (Wildman–Crippen LogP) is 6.76. The molecule has 5 heterocycles. The smallest absolute Gasteiger partial charge is 0.458 e. The van der Waals surface area contributed by atoms with E-state index in [0.29, 0.717) is 83.2 Å². The highest BCUT2D eigenvalue weighted by atomic mass is 28.4. The Hall–Kier alpha value is -5.40. The fourth-order valence-corrected chi connectivity index (χ4v) is 16.9. The van der Waals surface area contributed by atoms with E-state index in [2.05, 4.69) is 32.2 Å². The summed E-state index contributed by atoms with van der Waals surface area (Å²) in [5.74, 6) is 0.199. The molecule has 19 nitrogen and oxygen atoms in total. The molecular weight excluding hydrogens is 1040 g/mol. The third-order valence-corrected chi connectivity index (χ3v) is 20.9. The van der Waals surface area contributed by atoms with Crippen LogP contribution >= 0.6 is 0 Å². The predicted molar refractivity (Wildman–Crippen MR) is 296 cm³/mol. The van der Waals surface area contributed by atoms with Crippen LogP contribution in [0.5, 0.6) is 11.5 Å². The number of nitrogens with zero attached hydrogens (tertiary/aromatic N) is 2. The van der Waals surface area contributed by atoms with Crippen molar-refractivity contribution in [1.82, 2.24) is 15.2 Å². The minimum Gasteiger partial charge on any atom is -0.458 e. The zero-order valence-electron chi connectivity index (χ0n) is 46.7. The lowest BCUT2D eigenvalue weighted by Gasteiger charge is -2.39. The molecule has 21 heteroatoms. The molecule has 3 aromatic rings. The van der Waals surface area contributed by atoms with Gasteiger partial charge in [-0.05, 0) is 128 Å². The van der Waals surface area contributed by atoms with Gasteiger partial charge in [-0.1, -0.05) is 6.07 Å². The number of nitrogens with one attached hydrogen (secondary N) is 2. The molecule has 0 aliphatic carbocycles. The second-order valence-electron chi connectivity index (χ2n) is 19.7. The number of esters is 2. The van der Waals surface area contributed by atoms with Gasteiger partial charge in [-0.2, -0.15) is 0 Å². The summed E-state index contributed by atoms with van der Waals surface area (Å²) in [5, 5.41) is 7.66. The van der Waals surface area contributed by atoms with Crippen LogP contribution < -0.4 is 35.4 Å². The van der Waals surface area contributed by atoms with Gasteiger partial charge in [0.15, 0.2) is 0 Å². The summed E-state index contributed by atoms with van der Waals surface area (Å²) in [5.41, 5.74) is 8.71. The van der Waals surface area contributed by atoms with Gasteiger partial charge < -0.3 is 65.8 Å². The number of aryl methyl sites for hydroxylation is 2. The standard InChI is InChI=1S/C57H80N4O15Si2/c1-7-70-77(71-8-2,72-9-3)35-17-25-58-56(64)68-33-31-66-54(62)42-23-24-43(46(39-42)55(63)67-32-34-69-57(65)59-26-18-36-78(73-10-4,74-11-5)75-12-6)49-47-37-40-19-13-27-60-29-15-21-44(50(40)60)52(47)76-53-45-22-16-30-61-28-14-20-41(51(45)61)38-48(49)53/h23-24,37-39H,7-22,25-36H2,1-6H3,(H-,58,59,64,65)/p+1. The first-order chi connectivity index (χ1) is 38.0. The fraction of sp³-hybridized carbons (Fsp3) is 0.596. The van der Waals surface area contributed by atoms with E-state index in [1.54, 1.807) is 12.1 Å². The number of rotatable bonds is 29. The summed E-state index contributed by atoms with van der Waals surface area (Å²) < 4.78 is 67.7. The molecule has 5 aliphatic rings. The summed E-state index contributed by atoms with van der Waals surface area (Å²) in [6, 6.07) is 10.5. The molecule has 0 unspecified atom stereocenters. The first-order valence-corrected chi connectivity index (χ1v) is 32.4. The van der Waals surface area contributed by atoms with Gasteiger partial charge in [0.25, 0.3) is 0 Å². The van der Waals surface area contributed by atoms with Crippen LogP contribution in [-0.4, -0.2) is 147 Å². The first-order valence-electron chi connectivity index (χ1n) is 28.6. The second-order valence-corrected chi connectivity index (χ2v) is 25.1. The van der Waals surface area contributed by atoms with E-state index in [1.165, 1.54) is 39.4 Å². The van der Waals surface area contributed by atoms with E-state index in [9.17, 15) is 19.2 Å². The van der Waals surface area contributed by atoms with Crippen molar-refractivity contribution in [2.45, 2.75) is 118 Å². The molecule has 2 amide bonds. The number of amides is 2. The molecule has 5 aliphatic heterocycles. The van der Waals surface area contributed by atoms with Gasteiger partial charge in [0.1, 0.15) is 51.0 Å². The Morgan fingerprint density at radius 3 is 1.69 bits per heavy atom. The van der Waals surface area contributed by atoms with Crippen LogP contribution in [0.4, 0.5) is 15.3 Å². The third-order valence-electron chi connectivity index (χ3n) is 14.6. The summed E-state index contributed by atoms with van der Waals surface area (Å²) >= 11 is 0. The Bertz CT molecular complexity index is 2720. The molecule has 0 fully saturated rings. The molecule has 2 N–H and O–H groups in total. The number of benzene rings is 3. The molecule has 8 rings (SSSR count). The molecule has 0 spiro atoms. The Kier molecular flexibility index (Phi) is 21.2. The van der Waals surface area contributed by atoms with Gasteiger partial charge in [-0.15, -0.1) is 0 Å². The minimum absolute atomic E-state index is 0.0990. The molecule has 3 aromatic carbocycles. The molecule has 0 atom stereocenters. The van der Waals surface area contributed by atoms with E-state index in [0.717, 1.165) is 105 Å². The van der Waals surface area contributed by atoms with Crippen LogP contribution in [-0.2, 0) is 71.2 Å². The lowest BCUT2D eigenvalue weighted by atomic mass is 9.81. The number of carbonyl (C=O) groups excluding carboxylic acids is 4. The monoisotopic (exact) mass is 1120 g/mol. The highest BCUT2D eigenvalue weighted by Gasteiger charge is 2.41. The summed E-state index contributed by atoms with van der Waals surface area (Å²) in [6.45, 7) is 17.8.